The first-order valence-corrected chi connectivity index (χ1v) is 9.55. The number of amides is 1. The second kappa shape index (κ2) is 8.29. The van der Waals surface area contributed by atoms with Crippen molar-refractivity contribution in [1.29, 1.82) is 0 Å². The van der Waals surface area contributed by atoms with Crippen molar-refractivity contribution in [1.82, 2.24) is 15.0 Å². The maximum Gasteiger partial charge on any atom is 0.471 e. The first-order chi connectivity index (χ1) is 14.9. The molecule has 0 radical (unpaired) electrons. The Balaban J connectivity index is 1.46. The van der Waals surface area contributed by atoms with Gasteiger partial charge in [0.2, 0.25) is 5.82 Å². The van der Waals surface area contributed by atoms with Crippen molar-refractivity contribution < 1.29 is 27.2 Å². The molecular weight excluding hydrogens is 413 g/mol. The maximum atomic E-state index is 13.0. The zero-order valence-corrected chi connectivity index (χ0v) is 16.6. The Labute approximate surface area is 176 Å². The summed E-state index contributed by atoms with van der Waals surface area (Å²) in [7, 11) is 1.62. The van der Waals surface area contributed by atoms with Gasteiger partial charge in [-0.3, -0.25) is 4.79 Å². The molecule has 0 atom stereocenters. The third-order valence-electron chi connectivity index (χ3n) is 5.03. The van der Waals surface area contributed by atoms with Crippen molar-refractivity contribution in [3.63, 3.8) is 0 Å². The number of anilines is 1. The van der Waals surface area contributed by atoms with Crippen LogP contribution in [0.1, 0.15) is 16.2 Å². The summed E-state index contributed by atoms with van der Waals surface area (Å²) in [6, 6.07) is 13.9. The van der Waals surface area contributed by atoms with E-state index in [4.69, 9.17) is 4.74 Å². The number of carbonyl (C=O) groups is 1. The number of hydrogen-bond acceptors (Lipinski definition) is 6. The quantitative estimate of drug-likeness (QED) is 0.626. The molecule has 10 heteroatoms. The van der Waals surface area contributed by atoms with E-state index in [0.29, 0.717) is 31.7 Å². The molecule has 0 bridgehead atoms. The van der Waals surface area contributed by atoms with Gasteiger partial charge < -0.3 is 19.1 Å². The van der Waals surface area contributed by atoms with Crippen LogP contribution in [0.5, 0.6) is 5.75 Å². The number of rotatable bonds is 4. The summed E-state index contributed by atoms with van der Waals surface area (Å²) in [4.78, 5) is 20.2. The van der Waals surface area contributed by atoms with Crippen LogP contribution in [0.3, 0.4) is 0 Å². The summed E-state index contributed by atoms with van der Waals surface area (Å²) >= 11 is 0. The number of methoxy groups -OCH3 is 1. The minimum atomic E-state index is -4.72. The fourth-order valence-electron chi connectivity index (χ4n) is 3.47. The van der Waals surface area contributed by atoms with Gasteiger partial charge in [-0.2, -0.15) is 18.2 Å². The Morgan fingerprint density at radius 1 is 1.06 bits per heavy atom. The molecular formula is C21H19F3N4O3. The van der Waals surface area contributed by atoms with Crippen molar-refractivity contribution in [2.24, 2.45) is 0 Å². The lowest BCUT2D eigenvalue weighted by Gasteiger charge is -2.36. The number of piperazine rings is 1. The molecule has 4 rings (SSSR count). The monoisotopic (exact) mass is 432 g/mol. The van der Waals surface area contributed by atoms with Gasteiger partial charge in [0.05, 0.1) is 12.8 Å². The molecule has 0 aliphatic carbocycles. The Morgan fingerprint density at radius 2 is 1.81 bits per heavy atom. The van der Waals surface area contributed by atoms with Crippen LogP contribution in [0.2, 0.25) is 0 Å². The molecule has 7 nitrogen and oxygen atoms in total. The first-order valence-electron chi connectivity index (χ1n) is 9.55. The van der Waals surface area contributed by atoms with Crippen molar-refractivity contribution in [2.45, 2.75) is 6.18 Å². The molecule has 1 aliphatic heterocycles. The second-order valence-electron chi connectivity index (χ2n) is 6.95. The van der Waals surface area contributed by atoms with E-state index in [1.54, 1.807) is 24.1 Å². The van der Waals surface area contributed by atoms with E-state index in [1.165, 1.54) is 12.1 Å². The predicted molar refractivity (Wildman–Crippen MR) is 106 cm³/mol. The standard InChI is InChI=1S/C21H19F3N4O3/c1-30-17-8-3-2-7-16(17)27-9-11-28(12-10-27)19(29)15-6-4-5-14(13-15)18-25-20(31-26-18)21(22,23)24/h2-8,13H,9-12H2,1H3. The van der Waals surface area contributed by atoms with Gasteiger partial charge in [-0.1, -0.05) is 29.4 Å². The number of carbonyl (C=O) groups excluding carboxylic acids is 1. The fourth-order valence-corrected chi connectivity index (χ4v) is 3.47. The van der Waals surface area contributed by atoms with Gasteiger partial charge in [0.25, 0.3) is 5.91 Å². The molecule has 2 heterocycles. The first kappa shape index (κ1) is 20.7. The normalized spacial score (nSPS) is 14.6. The summed E-state index contributed by atoms with van der Waals surface area (Å²) in [5.74, 6) is -1.08. The van der Waals surface area contributed by atoms with Crippen LogP contribution in [0, 0.1) is 0 Å². The molecule has 0 spiro atoms. The minimum Gasteiger partial charge on any atom is -0.495 e. The lowest BCUT2D eigenvalue weighted by Crippen LogP contribution is -2.48. The number of alkyl halides is 3. The molecule has 1 saturated heterocycles. The SMILES string of the molecule is COc1ccccc1N1CCN(C(=O)c2cccc(-c3noc(C(F)(F)F)n3)c2)CC1. The lowest BCUT2D eigenvalue weighted by molar-refractivity contribution is -0.159. The van der Waals surface area contributed by atoms with E-state index in [1.807, 2.05) is 24.3 Å². The number of halogens is 3. The summed E-state index contributed by atoms with van der Waals surface area (Å²) in [5.41, 5.74) is 1.59. The highest BCUT2D eigenvalue weighted by Crippen LogP contribution is 2.30. The molecule has 3 aromatic rings. The topological polar surface area (TPSA) is 71.7 Å². The molecule has 31 heavy (non-hydrogen) atoms. The number of nitrogens with zero attached hydrogens (tertiary/aromatic N) is 4. The summed E-state index contributed by atoms with van der Waals surface area (Å²) in [6.45, 7) is 2.26. The Hall–Kier alpha value is -3.56. The van der Waals surface area contributed by atoms with Crippen LogP contribution < -0.4 is 9.64 Å². The van der Waals surface area contributed by atoms with Gasteiger partial charge in [0.1, 0.15) is 5.75 Å². The van der Waals surface area contributed by atoms with Crippen LogP contribution in [-0.2, 0) is 6.18 Å². The van der Waals surface area contributed by atoms with Crippen molar-refractivity contribution in [2.75, 3.05) is 38.2 Å². The van der Waals surface area contributed by atoms with Crippen LogP contribution in [0.4, 0.5) is 18.9 Å². The molecule has 1 aromatic heterocycles. The van der Waals surface area contributed by atoms with E-state index in [2.05, 4.69) is 19.6 Å². The Bertz CT molecular complexity index is 1080. The predicted octanol–water partition coefficient (Wildman–Crippen LogP) is 3.73. The van der Waals surface area contributed by atoms with Gasteiger partial charge in [-0.25, -0.2) is 0 Å². The van der Waals surface area contributed by atoms with Crippen molar-refractivity contribution in [3.05, 3.63) is 60.0 Å². The third-order valence-corrected chi connectivity index (χ3v) is 5.03. The lowest BCUT2D eigenvalue weighted by atomic mass is 10.1. The van der Waals surface area contributed by atoms with Gasteiger partial charge in [0, 0.05) is 37.3 Å². The molecule has 1 aliphatic rings. The molecule has 1 fully saturated rings. The molecule has 162 valence electrons. The highest BCUT2D eigenvalue weighted by molar-refractivity contribution is 5.95. The molecule has 1 amide bonds. The minimum absolute atomic E-state index is 0.207. The number of para-hydroxylation sites is 2. The zero-order valence-electron chi connectivity index (χ0n) is 16.6. The van der Waals surface area contributed by atoms with Crippen LogP contribution in [-0.4, -0.2) is 54.2 Å². The van der Waals surface area contributed by atoms with Crippen LogP contribution >= 0.6 is 0 Å². The zero-order chi connectivity index (χ0) is 22.0. The van der Waals surface area contributed by atoms with Crippen molar-refractivity contribution >= 4 is 11.6 Å². The number of aromatic nitrogens is 2. The largest absolute Gasteiger partial charge is 0.495 e. The van der Waals surface area contributed by atoms with Crippen molar-refractivity contribution in [3.8, 4) is 17.1 Å². The third kappa shape index (κ3) is 4.32. The smallest absolute Gasteiger partial charge is 0.471 e. The second-order valence-corrected chi connectivity index (χ2v) is 6.95. The van der Waals surface area contributed by atoms with E-state index >= 15 is 0 Å². The van der Waals surface area contributed by atoms with Gasteiger partial charge in [-0.15, -0.1) is 0 Å². The Kier molecular flexibility index (Phi) is 5.53. The molecule has 2 aromatic carbocycles. The highest BCUT2D eigenvalue weighted by Gasteiger charge is 2.38. The average molecular weight is 432 g/mol. The maximum absolute atomic E-state index is 13.0. The Morgan fingerprint density at radius 3 is 2.48 bits per heavy atom. The number of hydrogen-bond donors (Lipinski definition) is 0. The summed E-state index contributed by atoms with van der Waals surface area (Å²) < 4.78 is 47.8. The average Bonchev–Trinajstić information content (AvgIpc) is 3.30. The highest BCUT2D eigenvalue weighted by atomic mass is 19.4. The molecule has 0 saturated carbocycles. The van der Waals surface area contributed by atoms with Crippen LogP contribution in [0.25, 0.3) is 11.4 Å². The summed E-state index contributed by atoms with van der Waals surface area (Å²) in [6.07, 6.45) is -4.72. The van der Waals surface area contributed by atoms with E-state index < -0.39 is 12.1 Å². The van der Waals surface area contributed by atoms with E-state index in [9.17, 15) is 18.0 Å². The van der Waals surface area contributed by atoms with Crippen LogP contribution in [0.15, 0.2) is 53.1 Å². The molecule has 0 N–H and O–H groups in total. The van der Waals surface area contributed by atoms with E-state index in [-0.39, 0.29) is 17.3 Å². The fraction of sp³-hybridized carbons (Fsp3) is 0.286. The van der Waals surface area contributed by atoms with E-state index in [0.717, 1.165) is 11.4 Å². The van der Waals surface area contributed by atoms with Gasteiger partial charge in [0.15, 0.2) is 0 Å². The summed E-state index contributed by atoms with van der Waals surface area (Å²) in [5, 5.41) is 3.38. The van der Waals surface area contributed by atoms with Gasteiger partial charge >= 0.3 is 12.1 Å². The number of benzene rings is 2. The molecule has 0 unspecified atom stereocenters. The van der Waals surface area contributed by atoms with Gasteiger partial charge in [-0.05, 0) is 24.3 Å². The number of ether oxygens (including phenoxy) is 1.